The van der Waals surface area contributed by atoms with Crippen LogP contribution in [-0.2, 0) is 0 Å². The van der Waals surface area contributed by atoms with E-state index in [2.05, 4.69) is 41.5 Å². The monoisotopic (exact) mass is 344 g/mol. The Kier molecular flexibility index (Phi) is 3.28. The summed E-state index contributed by atoms with van der Waals surface area (Å²) in [5, 5.41) is 4.35. The van der Waals surface area contributed by atoms with Crippen LogP contribution in [0.25, 0.3) is 21.5 Å². The Hall–Kier alpha value is -2.48. The van der Waals surface area contributed by atoms with Crippen molar-refractivity contribution in [1.29, 1.82) is 0 Å². The van der Waals surface area contributed by atoms with E-state index in [1.807, 2.05) is 13.8 Å². The van der Waals surface area contributed by atoms with Crippen LogP contribution in [-0.4, -0.2) is 11.6 Å². The summed E-state index contributed by atoms with van der Waals surface area (Å²) in [5.41, 5.74) is 10.5. The Morgan fingerprint density at radius 3 is 1.19 bits per heavy atom. The van der Waals surface area contributed by atoms with Gasteiger partial charge in [-0.3, -0.25) is 9.59 Å². The normalized spacial score (nSPS) is 13.5. The molecule has 0 saturated heterocycles. The Morgan fingerprint density at radius 1 is 0.346 bits per heavy atom. The summed E-state index contributed by atoms with van der Waals surface area (Å²) < 4.78 is 0. The van der Waals surface area contributed by atoms with Crippen molar-refractivity contribution in [3.05, 3.63) is 55.6 Å². The maximum atomic E-state index is 12.9. The molecule has 26 heavy (non-hydrogen) atoms. The second-order valence-electron chi connectivity index (χ2n) is 7.91. The zero-order valence-electron chi connectivity index (χ0n) is 16.8. The average molecular weight is 344 g/mol. The second kappa shape index (κ2) is 5.03. The van der Waals surface area contributed by atoms with Gasteiger partial charge in [-0.1, -0.05) is 0 Å². The van der Waals surface area contributed by atoms with Gasteiger partial charge in [0.05, 0.1) is 0 Å². The van der Waals surface area contributed by atoms with Gasteiger partial charge in [-0.25, -0.2) is 0 Å². The minimum Gasteiger partial charge on any atom is -0.285 e. The lowest BCUT2D eigenvalue weighted by molar-refractivity contribution is 0.0824. The Morgan fingerprint density at radius 2 is 0.692 bits per heavy atom. The lowest BCUT2D eigenvalue weighted by Gasteiger charge is -2.22. The van der Waals surface area contributed by atoms with Gasteiger partial charge in [0, 0.05) is 16.5 Å². The molecule has 0 unspecified atom stereocenters. The van der Waals surface area contributed by atoms with Crippen molar-refractivity contribution >= 4 is 33.1 Å². The minimum atomic E-state index is -0.340. The molecule has 2 nitrogen and oxygen atoms in total. The summed E-state index contributed by atoms with van der Waals surface area (Å²) in [7, 11) is 0. The maximum absolute atomic E-state index is 12.9. The van der Waals surface area contributed by atoms with E-state index in [-0.39, 0.29) is 11.6 Å². The lowest BCUT2D eigenvalue weighted by Crippen LogP contribution is -2.09. The zero-order valence-corrected chi connectivity index (χ0v) is 16.8. The first-order valence-corrected chi connectivity index (χ1v) is 9.16. The van der Waals surface area contributed by atoms with E-state index >= 15 is 0 Å². The van der Waals surface area contributed by atoms with Crippen LogP contribution in [0.5, 0.6) is 0 Å². The molecule has 0 aromatic heterocycles. The molecule has 0 aliphatic heterocycles. The van der Waals surface area contributed by atoms with Gasteiger partial charge in [0.15, 0.2) is 0 Å². The fourth-order valence-electron chi connectivity index (χ4n) is 4.92. The molecule has 3 aromatic rings. The van der Waals surface area contributed by atoms with Crippen LogP contribution < -0.4 is 0 Å². The summed E-state index contributed by atoms with van der Waals surface area (Å²) in [6.45, 7) is 16.8. The van der Waals surface area contributed by atoms with E-state index in [1.165, 1.54) is 33.2 Å². The van der Waals surface area contributed by atoms with Crippen molar-refractivity contribution in [2.24, 2.45) is 0 Å². The largest absolute Gasteiger partial charge is 0.285 e. The molecule has 2 heteroatoms. The molecule has 0 fully saturated rings. The number of ketones is 2. The van der Waals surface area contributed by atoms with Crippen LogP contribution >= 0.6 is 0 Å². The molecule has 3 aromatic carbocycles. The summed E-state index contributed by atoms with van der Waals surface area (Å²) in [6, 6.07) is 0. The van der Waals surface area contributed by atoms with E-state index < -0.39 is 0 Å². The lowest BCUT2D eigenvalue weighted by atomic mass is 9.81. The predicted molar refractivity (Wildman–Crippen MR) is 108 cm³/mol. The van der Waals surface area contributed by atoms with Crippen LogP contribution in [0.2, 0.25) is 0 Å². The van der Waals surface area contributed by atoms with Crippen molar-refractivity contribution in [1.82, 2.24) is 0 Å². The predicted octanol–water partition coefficient (Wildman–Crippen LogP) is 5.84. The van der Waals surface area contributed by atoms with Gasteiger partial charge in [0.1, 0.15) is 0 Å². The highest BCUT2D eigenvalue weighted by molar-refractivity contribution is 6.59. The molecule has 1 aliphatic carbocycles. The van der Waals surface area contributed by atoms with E-state index in [1.54, 1.807) is 0 Å². The van der Waals surface area contributed by atoms with Gasteiger partial charge in [0.25, 0.3) is 0 Å². The van der Waals surface area contributed by atoms with Crippen LogP contribution in [0.3, 0.4) is 0 Å². The highest BCUT2D eigenvalue weighted by atomic mass is 16.2. The van der Waals surface area contributed by atoms with Gasteiger partial charge >= 0.3 is 0 Å². The van der Waals surface area contributed by atoms with E-state index in [4.69, 9.17) is 0 Å². The summed E-state index contributed by atoms with van der Waals surface area (Å²) in [4.78, 5) is 25.8. The molecule has 0 radical (unpaired) electrons. The number of carbonyl (C=O) groups is 2. The molecule has 0 bridgehead atoms. The first-order chi connectivity index (χ1) is 12.1. The van der Waals surface area contributed by atoms with Gasteiger partial charge in [-0.15, -0.1) is 0 Å². The van der Waals surface area contributed by atoms with Crippen molar-refractivity contribution < 1.29 is 9.59 Å². The van der Waals surface area contributed by atoms with Crippen LogP contribution in [0, 0.1) is 55.4 Å². The van der Waals surface area contributed by atoms with Crippen LogP contribution in [0.1, 0.15) is 65.2 Å². The smallest absolute Gasteiger partial charge is 0.234 e. The summed E-state index contributed by atoms with van der Waals surface area (Å²) >= 11 is 0. The van der Waals surface area contributed by atoms with Crippen molar-refractivity contribution in [3.63, 3.8) is 0 Å². The molecule has 0 amide bonds. The third-order valence-corrected chi connectivity index (χ3v) is 6.97. The van der Waals surface area contributed by atoms with Gasteiger partial charge < -0.3 is 0 Å². The number of hydrogen-bond acceptors (Lipinski definition) is 2. The molecule has 132 valence electrons. The molecule has 1 aliphatic rings. The van der Waals surface area contributed by atoms with E-state index in [0.29, 0.717) is 11.1 Å². The molecular formula is C24H24O2. The van der Waals surface area contributed by atoms with Crippen LogP contribution in [0.15, 0.2) is 0 Å². The Balaban J connectivity index is 2.53. The minimum absolute atomic E-state index is 0.340. The standard InChI is InChI=1S/C24H24O2/c1-9-10(2)13(5)18-17(12(9)4)16(8)21-22-19(18)14(6)11(3)15(7)20(22)23(25)24(21)26/h1-8H3. The molecule has 0 atom stereocenters. The van der Waals surface area contributed by atoms with Crippen molar-refractivity contribution in [3.8, 4) is 0 Å². The number of hydrogen-bond donors (Lipinski definition) is 0. The average Bonchev–Trinajstić information content (AvgIpc) is 2.87. The number of fused-ring (bicyclic) bond motifs is 2. The second-order valence-corrected chi connectivity index (χ2v) is 7.91. The number of aryl methyl sites for hydroxylation is 4. The quantitative estimate of drug-likeness (QED) is 0.379. The number of rotatable bonds is 0. The number of carbonyl (C=O) groups excluding carboxylic acids is 2. The van der Waals surface area contributed by atoms with Crippen LogP contribution in [0.4, 0.5) is 0 Å². The first-order valence-electron chi connectivity index (χ1n) is 9.16. The molecule has 0 spiro atoms. The summed E-state index contributed by atoms with van der Waals surface area (Å²) in [5.74, 6) is -0.680. The highest BCUT2D eigenvalue weighted by Crippen LogP contribution is 2.46. The third-order valence-electron chi connectivity index (χ3n) is 6.97. The highest BCUT2D eigenvalue weighted by Gasteiger charge is 2.37. The van der Waals surface area contributed by atoms with E-state index in [9.17, 15) is 9.59 Å². The first kappa shape index (κ1) is 17.0. The zero-order chi connectivity index (χ0) is 19.2. The molecule has 0 N–H and O–H groups in total. The van der Waals surface area contributed by atoms with E-state index in [0.717, 1.165) is 32.8 Å². The molecule has 0 saturated carbocycles. The maximum Gasteiger partial charge on any atom is 0.234 e. The summed E-state index contributed by atoms with van der Waals surface area (Å²) in [6.07, 6.45) is 0. The topological polar surface area (TPSA) is 34.1 Å². The van der Waals surface area contributed by atoms with Gasteiger partial charge in [-0.05, 0) is 116 Å². The number of Topliss-reactive ketones (excluding diaryl/α,β-unsaturated/α-hetero) is 2. The Labute approximate surface area is 154 Å². The van der Waals surface area contributed by atoms with Gasteiger partial charge in [0.2, 0.25) is 11.6 Å². The fraction of sp³-hybridized carbons (Fsp3) is 0.333. The van der Waals surface area contributed by atoms with Gasteiger partial charge in [-0.2, -0.15) is 0 Å². The molecule has 4 rings (SSSR count). The SMILES string of the molecule is Cc1c(C)c(C)c2c(c1C)c(C)c1c3c(c(C)c(C)c(C)c32)C(=O)C1=O. The Bertz CT molecular complexity index is 1220. The molecular weight excluding hydrogens is 320 g/mol. The third kappa shape index (κ3) is 1.68. The molecule has 0 heterocycles. The van der Waals surface area contributed by atoms with Crippen molar-refractivity contribution in [2.75, 3.05) is 0 Å². The van der Waals surface area contributed by atoms with Crippen molar-refractivity contribution in [2.45, 2.75) is 55.4 Å². The fourth-order valence-corrected chi connectivity index (χ4v) is 4.92. The number of benzene rings is 3.